The fraction of sp³-hybridized carbons (Fsp3) is 0.212. The molecule has 0 bridgehead atoms. The Labute approximate surface area is 236 Å². The first-order valence-corrected chi connectivity index (χ1v) is 12.9. The van der Waals surface area contributed by atoms with Crippen LogP contribution in [0.3, 0.4) is 0 Å². The van der Waals surface area contributed by atoms with Gasteiger partial charge in [-0.1, -0.05) is 51.0 Å². The van der Waals surface area contributed by atoms with Crippen LogP contribution in [0.15, 0.2) is 83.5 Å². The summed E-state index contributed by atoms with van der Waals surface area (Å²) < 4.78 is 5.51. The van der Waals surface area contributed by atoms with E-state index in [2.05, 4.69) is 66.3 Å². The topological polar surface area (TPSA) is 59.2 Å². The molecule has 0 atom stereocenters. The Morgan fingerprint density at radius 2 is 1.68 bits per heavy atom. The third-order valence-corrected chi connectivity index (χ3v) is 7.25. The second kappa shape index (κ2) is 11.1. The molecule has 4 nitrogen and oxygen atoms in total. The maximum Gasteiger partial charge on any atom is 0.154 e. The van der Waals surface area contributed by atoms with Crippen LogP contribution < -0.4 is 0 Å². The molecule has 7 rings (SSSR count). The van der Waals surface area contributed by atoms with Crippen LogP contribution in [0.5, 0.6) is 5.75 Å². The molecule has 5 heteroatoms. The van der Waals surface area contributed by atoms with Gasteiger partial charge in [0.2, 0.25) is 0 Å². The Morgan fingerprint density at radius 3 is 2.50 bits per heavy atom. The minimum Gasteiger partial charge on any atom is -0.507 e. The summed E-state index contributed by atoms with van der Waals surface area (Å²) in [6.07, 6.45) is 9.05. The summed E-state index contributed by atoms with van der Waals surface area (Å²) >= 11 is 0. The molecule has 1 saturated carbocycles. The predicted molar refractivity (Wildman–Crippen MR) is 150 cm³/mol. The molecule has 0 amide bonds. The van der Waals surface area contributed by atoms with Crippen LogP contribution in [0.2, 0.25) is 0 Å². The molecule has 3 heterocycles. The van der Waals surface area contributed by atoms with Crippen molar-refractivity contribution in [1.82, 2.24) is 9.97 Å². The number of furan rings is 1. The van der Waals surface area contributed by atoms with E-state index in [4.69, 9.17) is 4.42 Å². The van der Waals surface area contributed by atoms with Gasteiger partial charge in [0.1, 0.15) is 16.8 Å². The van der Waals surface area contributed by atoms with E-state index in [1.54, 1.807) is 18.3 Å². The molecule has 3 aromatic carbocycles. The number of fused-ring (bicyclic) bond motifs is 4. The minimum absolute atomic E-state index is 0. The summed E-state index contributed by atoms with van der Waals surface area (Å²) in [5.74, 6) is 0.962. The normalized spacial score (nSPS) is 13.4. The number of rotatable bonds is 2. The molecule has 1 aliphatic carbocycles. The Hall–Kier alpha value is -3.53. The average molecular weight is 678 g/mol. The Kier molecular flexibility index (Phi) is 7.60. The minimum atomic E-state index is 0. The van der Waals surface area contributed by atoms with Crippen LogP contribution in [0.4, 0.5) is 0 Å². The van der Waals surface area contributed by atoms with E-state index in [0.717, 1.165) is 17.2 Å². The van der Waals surface area contributed by atoms with Crippen molar-refractivity contribution in [2.24, 2.45) is 0 Å². The van der Waals surface area contributed by atoms with Crippen molar-refractivity contribution in [2.75, 3.05) is 0 Å². The van der Waals surface area contributed by atoms with Gasteiger partial charge in [-0.15, -0.1) is 34.9 Å². The van der Waals surface area contributed by atoms with Gasteiger partial charge >= 0.3 is 0 Å². The molecule has 0 aliphatic heterocycles. The zero-order valence-corrected chi connectivity index (χ0v) is 23.9. The van der Waals surface area contributed by atoms with E-state index in [-0.39, 0.29) is 25.9 Å². The second-order valence-corrected chi connectivity index (χ2v) is 9.98. The molecule has 1 fully saturated rings. The molecular formula is C33H29IrN2O2-. The molecule has 0 unspecified atom stereocenters. The third-order valence-electron chi connectivity index (χ3n) is 7.25. The van der Waals surface area contributed by atoms with E-state index < -0.39 is 0 Å². The van der Waals surface area contributed by atoms with Gasteiger partial charge in [0.15, 0.2) is 5.58 Å². The summed E-state index contributed by atoms with van der Waals surface area (Å²) in [4.78, 5) is 8.83. The van der Waals surface area contributed by atoms with E-state index in [1.807, 2.05) is 24.4 Å². The largest absolute Gasteiger partial charge is 0.507 e. The fourth-order valence-corrected chi connectivity index (χ4v) is 5.57. The molecule has 0 spiro atoms. The van der Waals surface area contributed by atoms with Gasteiger partial charge in [-0.05, 0) is 71.1 Å². The quantitative estimate of drug-likeness (QED) is 0.187. The molecule has 3 aromatic heterocycles. The number of aromatic hydroxyl groups is 1. The fourth-order valence-electron chi connectivity index (χ4n) is 5.57. The van der Waals surface area contributed by atoms with Crippen molar-refractivity contribution in [1.29, 1.82) is 0 Å². The molecule has 1 radical (unpaired) electrons. The first kappa shape index (κ1) is 26.1. The van der Waals surface area contributed by atoms with Crippen molar-refractivity contribution in [3.8, 4) is 17.0 Å². The first-order chi connectivity index (χ1) is 18.1. The molecule has 0 saturated heterocycles. The van der Waals surface area contributed by atoms with Crippen LogP contribution in [0.25, 0.3) is 44.1 Å². The van der Waals surface area contributed by atoms with E-state index >= 15 is 0 Å². The van der Waals surface area contributed by atoms with Gasteiger partial charge in [0.05, 0.1) is 5.39 Å². The average Bonchev–Trinajstić information content (AvgIpc) is 3.57. The Morgan fingerprint density at radius 1 is 0.868 bits per heavy atom. The number of nitrogens with zero attached hydrogens (tertiary/aromatic N) is 2. The summed E-state index contributed by atoms with van der Waals surface area (Å²) in [5.41, 5.74) is 8.15. The van der Waals surface area contributed by atoms with Gasteiger partial charge < -0.3 is 14.5 Å². The summed E-state index contributed by atoms with van der Waals surface area (Å²) in [6.45, 7) is 4.23. The van der Waals surface area contributed by atoms with Crippen LogP contribution in [-0.4, -0.2) is 15.1 Å². The van der Waals surface area contributed by atoms with Gasteiger partial charge in [0, 0.05) is 32.5 Å². The number of benzene rings is 3. The first-order valence-electron chi connectivity index (χ1n) is 12.9. The maximum atomic E-state index is 9.66. The molecule has 1 N–H and O–H groups in total. The third kappa shape index (κ3) is 5.09. The number of aryl methyl sites for hydroxylation is 2. The Balaban J connectivity index is 0.000000168. The van der Waals surface area contributed by atoms with Gasteiger partial charge in [-0.3, -0.25) is 4.98 Å². The molecule has 193 valence electrons. The summed E-state index contributed by atoms with van der Waals surface area (Å²) in [7, 11) is 0. The van der Waals surface area contributed by atoms with Crippen molar-refractivity contribution in [2.45, 2.75) is 45.4 Å². The van der Waals surface area contributed by atoms with Crippen molar-refractivity contribution < 1.29 is 29.6 Å². The number of hydrogen-bond acceptors (Lipinski definition) is 4. The summed E-state index contributed by atoms with van der Waals surface area (Å²) in [6, 6.07) is 25.7. The Bertz CT molecular complexity index is 1710. The zero-order valence-electron chi connectivity index (χ0n) is 21.5. The van der Waals surface area contributed by atoms with Gasteiger partial charge in [-0.25, -0.2) is 0 Å². The van der Waals surface area contributed by atoms with Crippen molar-refractivity contribution in [3.63, 3.8) is 0 Å². The molecule has 38 heavy (non-hydrogen) atoms. The smallest absolute Gasteiger partial charge is 0.154 e. The zero-order chi connectivity index (χ0) is 25.4. The number of hydrogen-bond donors (Lipinski definition) is 1. The van der Waals surface area contributed by atoms with Gasteiger partial charge in [0.25, 0.3) is 0 Å². The number of phenols is 1. The SMILES string of the molecule is Cc1[c-]c(-c2nccc3cc(C4CCCC4)ccc23)cc(C)c1.Oc1cccc2oc3cccnc3c12.[Ir]. The number of aromatic nitrogens is 2. The van der Waals surface area contributed by atoms with Crippen molar-refractivity contribution >= 4 is 32.8 Å². The maximum absolute atomic E-state index is 9.66. The standard InChI is InChI=1S/C22H22N.C11H7NO2.Ir/c1-15-11-16(2)13-20(12-15)22-21-8-7-18(17-5-3-4-6-17)14-19(21)9-10-23-22;13-7-3-1-4-8-10(7)11-9(14-8)5-2-6-12-11;/h7-12,14,17H,3-6H2,1-2H3;1-6,13H;/q-1;;. The van der Waals surface area contributed by atoms with Crippen LogP contribution >= 0.6 is 0 Å². The van der Waals surface area contributed by atoms with E-state index in [0.29, 0.717) is 22.1 Å². The summed E-state index contributed by atoms with van der Waals surface area (Å²) in [5, 5.41) is 12.9. The van der Waals surface area contributed by atoms with E-state index in [1.165, 1.54) is 53.1 Å². The molecule has 1 aliphatic rings. The monoisotopic (exact) mass is 678 g/mol. The van der Waals surface area contributed by atoms with Crippen LogP contribution in [0.1, 0.15) is 48.3 Å². The number of pyridine rings is 2. The molecular weight excluding hydrogens is 649 g/mol. The van der Waals surface area contributed by atoms with E-state index in [9.17, 15) is 5.11 Å². The predicted octanol–water partition coefficient (Wildman–Crippen LogP) is 8.66. The second-order valence-electron chi connectivity index (χ2n) is 9.98. The van der Waals surface area contributed by atoms with Crippen LogP contribution in [-0.2, 0) is 20.1 Å². The van der Waals surface area contributed by atoms with Gasteiger partial charge in [-0.2, -0.15) is 0 Å². The van der Waals surface area contributed by atoms with Crippen LogP contribution in [0, 0.1) is 19.9 Å². The number of phenolic OH excluding ortho intramolecular Hbond substituents is 1. The van der Waals surface area contributed by atoms with Crippen molar-refractivity contribution in [3.05, 3.63) is 102 Å². The molecule has 6 aromatic rings.